The summed E-state index contributed by atoms with van der Waals surface area (Å²) in [6.07, 6.45) is 4.56. The maximum Gasteiger partial charge on any atom is 0.123 e. The molecule has 0 radical (unpaired) electrons. The number of halogens is 1. The van der Waals surface area contributed by atoms with Gasteiger partial charge in [-0.3, -0.25) is 4.98 Å². The molecule has 1 aromatic heterocycles. The minimum Gasteiger partial charge on any atom is -0.326 e. The molecule has 1 aromatic carbocycles. The molecular weight excluding hydrogens is 253 g/mol. The number of hydrogen-bond acceptors (Lipinski definition) is 3. The van der Waals surface area contributed by atoms with Gasteiger partial charge in [-0.1, -0.05) is 6.07 Å². The Hall–Kier alpha value is -1.78. The van der Waals surface area contributed by atoms with Crippen LogP contribution in [-0.2, 0) is 19.5 Å². The lowest BCUT2D eigenvalue weighted by molar-refractivity contribution is 0.330. The predicted octanol–water partition coefficient (Wildman–Crippen LogP) is 2.35. The standard InChI is InChI=1S/C16H20FN3/c1-20(7-4-13-2-5-19-6-3-13)12-15-8-14(11-18)9-16(17)10-15/h2-3,5-6,8-10H,4,7,11-12,18H2,1H3. The molecule has 20 heavy (non-hydrogen) atoms. The lowest BCUT2D eigenvalue weighted by Crippen LogP contribution is -2.21. The maximum absolute atomic E-state index is 13.4. The van der Waals surface area contributed by atoms with E-state index in [-0.39, 0.29) is 5.82 Å². The van der Waals surface area contributed by atoms with Gasteiger partial charge in [0.1, 0.15) is 5.82 Å². The molecule has 2 rings (SSSR count). The van der Waals surface area contributed by atoms with Crippen LogP contribution in [0.4, 0.5) is 4.39 Å². The van der Waals surface area contributed by atoms with Crippen molar-refractivity contribution in [3.05, 3.63) is 65.2 Å². The smallest absolute Gasteiger partial charge is 0.123 e. The van der Waals surface area contributed by atoms with Crippen LogP contribution in [0.2, 0.25) is 0 Å². The molecule has 0 bridgehead atoms. The molecule has 2 aromatic rings. The number of pyridine rings is 1. The molecule has 0 aliphatic carbocycles. The van der Waals surface area contributed by atoms with Crippen LogP contribution in [0.25, 0.3) is 0 Å². The summed E-state index contributed by atoms with van der Waals surface area (Å²) in [4.78, 5) is 6.18. The van der Waals surface area contributed by atoms with Crippen LogP contribution < -0.4 is 5.73 Å². The molecule has 0 aliphatic heterocycles. The van der Waals surface area contributed by atoms with E-state index in [9.17, 15) is 4.39 Å². The summed E-state index contributed by atoms with van der Waals surface area (Å²) < 4.78 is 13.4. The summed E-state index contributed by atoms with van der Waals surface area (Å²) in [6.45, 7) is 2.00. The summed E-state index contributed by atoms with van der Waals surface area (Å²) in [5.41, 5.74) is 8.62. The van der Waals surface area contributed by atoms with E-state index in [1.807, 2.05) is 25.2 Å². The number of nitrogens with zero attached hydrogens (tertiary/aromatic N) is 2. The second-order valence-corrected chi connectivity index (χ2v) is 5.02. The molecule has 2 N–H and O–H groups in total. The summed E-state index contributed by atoms with van der Waals surface area (Å²) >= 11 is 0. The van der Waals surface area contributed by atoms with E-state index in [0.29, 0.717) is 6.54 Å². The Balaban J connectivity index is 1.91. The van der Waals surface area contributed by atoms with E-state index in [1.54, 1.807) is 18.5 Å². The second-order valence-electron chi connectivity index (χ2n) is 5.02. The number of likely N-dealkylation sites (N-methyl/N-ethyl adjacent to an activating group) is 1. The van der Waals surface area contributed by atoms with Crippen molar-refractivity contribution in [2.24, 2.45) is 5.73 Å². The molecule has 1 heterocycles. The molecule has 3 nitrogen and oxygen atoms in total. The van der Waals surface area contributed by atoms with E-state index >= 15 is 0 Å². The van der Waals surface area contributed by atoms with Crippen molar-refractivity contribution in [2.75, 3.05) is 13.6 Å². The topological polar surface area (TPSA) is 42.2 Å². The third-order valence-electron chi connectivity index (χ3n) is 3.24. The Morgan fingerprint density at radius 2 is 1.80 bits per heavy atom. The normalized spacial score (nSPS) is 11.0. The van der Waals surface area contributed by atoms with Crippen LogP contribution in [-0.4, -0.2) is 23.5 Å². The van der Waals surface area contributed by atoms with Crippen molar-refractivity contribution >= 4 is 0 Å². The zero-order chi connectivity index (χ0) is 14.4. The highest BCUT2D eigenvalue weighted by Gasteiger charge is 2.04. The summed E-state index contributed by atoms with van der Waals surface area (Å²) in [5, 5.41) is 0. The number of rotatable bonds is 6. The molecule has 0 fully saturated rings. The fourth-order valence-corrected chi connectivity index (χ4v) is 2.19. The molecule has 4 heteroatoms. The quantitative estimate of drug-likeness (QED) is 0.878. The molecule has 0 spiro atoms. The SMILES string of the molecule is CN(CCc1ccncc1)Cc1cc(F)cc(CN)c1. The molecule has 0 atom stereocenters. The fraction of sp³-hybridized carbons (Fsp3) is 0.312. The number of nitrogens with two attached hydrogens (primary N) is 1. The summed E-state index contributed by atoms with van der Waals surface area (Å²) in [6, 6.07) is 9.06. The van der Waals surface area contributed by atoms with Crippen molar-refractivity contribution in [2.45, 2.75) is 19.5 Å². The third kappa shape index (κ3) is 4.40. The van der Waals surface area contributed by atoms with Crippen LogP contribution in [0.3, 0.4) is 0 Å². The number of aromatic nitrogens is 1. The van der Waals surface area contributed by atoms with Crippen LogP contribution in [0.15, 0.2) is 42.7 Å². The van der Waals surface area contributed by atoms with Crippen molar-refractivity contribution in [1.29, 1.82) is 0 Å². The van der Waals surface area contributed by atoms with Gasteiger partial charge in [-0.15, -0.1) is 0 Å². The van der Waals surface area contributed by atoms with Crippen LogP contribution >= 0.6 is 0 Å². The predicted molar refractivity (Wildman–Crippen MR) is 78.6 cm³/mol. The van der Waals surface area contributed by atoms with Crippen LogP contribution in [0, 0.1) is 5.82 Å². The average molecular weight is 273 g/mol. The van der Waals surface area contributed by atoms with Gasteiger partial charge < -0.3 is 10.6 Å². The Labute approximate surface area is 119 Å². The molecule has 0 unspecified atom stereocenters. The Bertz CT molecular complexity index is 543. The molecule has 0 aliphatic rings. The average Bonchev–Trinajstić information content (AvgIpc) is 2.45. The van der Waals surface area contributed by atoms with E-state index in [1.165, 1.54) is 11.6 Å². The van der Waals surface area contributed by atoms with Crippen molar-refractivity contribution in [1.82, 2.24) is 9.88 Å². The first-order valence-electron chi connectivity index (χ1n) is 6.73. The van der Waals surface area contributed by atoms with Gasteiger partial charge in [-0.2, -0.15) is 0 Å². The zero-order valence-corrected chi connectivity index (χ0v) is 11.7. The lowest BCUT2D eigenvalue weighted by atomic mass is 10.1. The summed E-state index contributed by atoms with van der Waals surface area (Å²) in [7, 11) is 2.04. The minimum atomic E-state index is -0.217. The molecule has 106 valence electrons. The largest absolute Gasteiger partial charge is 0.326 e. The van der Waals surface area contributed by atoms with E-state index in [4.69, 9.17) is 5.73 Å². The zero-order valence-electron chi connectivity index (χ0n) is 11.7. The van der Waals surface area contributed by atoms with Gasteiger partial charge in [0.15, 0.2) is 0 Å². The molecule has 0 saturated carbocycles. The molecule has 0 saturated heterocycles. The highest BCUT2D eigenvalue weighted by Crippen LogP contribution is 2.11. The Morgan fingerprint density at radius 3 is 2.50 bits per heavy atom. The number of hydrogen-bond donors (Lipinski definition) is 1. The summed E-state index contributed by atoms with van der Waals surface area (Å²) in [5.74, 6) is -0.217. The van der Waals surface area contributed by atoms with Crippen molar-refractivity contribution in [3.63, 3.8) is 0 Å². The first-order valence-corrected chi connectivity index (χ1v) is 6.73. The third-order valence-corrected chi connectivity index (χ3v) is 3.24. The van der Waals surface area contributed by atoms with Gasteiger partial charge >= 0.3 is 0 Å². The Morgan fingerprint density at radius 1 is 1.10 bits per heavy atom. The van der Waals surface area contributed by atoms with Gasteiger partial charge in [0, 0.05) is 32.0 Å². The fourth-order valence-electron chi connectivity index (χ4n) is 2.19. The van der Waals surface area contributed by atoms with Gasteiger partial charge in [0.05, 0.1) is 0 Å². The molecule has 0 amide bonds. The minimum absolute atomic E-state index is 0.217. The van der Waals surface area contributed by atoms with E-state index < -0.39 is 0 Å². The lowest BCUT2D eigenvalue weighted by Gasteiger charge is -2.17. The van der Waals surface area contributed by atoms with E-state index in [2.05, 4.69) is 9.88 Å². The highest BCUT2D eigenvalue weighted by molar-refractivity contribution is 5.24. The van der Waals surface area contributed by atoms with Crippen molar-refractivity contribution < 1.29 is 4.39 Å². The first-order chi connectivity index (χ1) is 9.67. The van der Waals surface area contributed by atoms with Gasteiger partial charge in [0.2, 0.25) is 0 Å². The first kappa shape index (κ1) is 14.6. The highest BCUT2D eigenvalue weighted by atomic mass is 19.1. The van der Waals surface area contributed by atoms with Crippen LogP contribution in [0.1, 0.15) is 16.7 Å². The second kappa shape index (κ2) is 7.12. The monoisotopic (exact) mass is 273 g/mol. The van der Waals surface area contributed by atoms with Gasteiger partial charge in [-0.25, -0.2) is 4.39 Å². The number of benzene rings is 1. The molecular formula is C16H20FN3. The Kier molecular flexibility index (Phi) is 5.21. The van der Waals surface area contributed by atoms with Gasteiger partial charge in [-0.05, 0) is 54.4 Å². The maximum atomic E-state index is 13.4. The van der Waals surface area contributed by atoms with Gasteiger partial charge in [0.25, 0.3) is 0 Å². The van der Waals surface area contributed by atoms with E-state index in [0.717, 1.165) is 30.6 Å². The van der Waals surface area contributed by atoms with Crippen molar-refractivity contribution in [3.8, 4) is 0 Å². The van der Waals surface area contributed by atoms with Crippen LogP contribution in [0.5, 0.6) is 0 Å².